The van der Waals surface area contributed by atoms with Gasteiger partial charge in [-0.3, -0.25) is 4.79 Å². The predicted octanol–water partition coefficient (Wildman–Crippen LogP) is 3.28. The summed E-state index contributed by atoms with van der Waals surface area (Å²) in [4.78, 5) is 14.0. The Morgan fingerprint density at radius 1 is 1.28 bits per heavy atom. The van der Waals surface area contributed by atoms with Crippen LogP contribution in [0.3, 0.4) is 0 Å². The summed E-state index contributed by atoms with van der Waals surface area (Å²) in [6, 6.07) is 6.02. The van der Waals surface area contributed by atoms with E-state index in [0.29, 0.717) is 36.0 Å². The number of furan rings is 1. The Balaban J connectivity index is 1.62. The summed E-state index contributed by atoms with van der Waals surface area (Å²) < 4.78 is 33.4. The average Bonchev–Trinajstić information content (AvgIpc) is 3.08. The number of carbonyl (C=O) groups excluding carboxylic acids is 1. The standard InChI is InChI=1S/C16H16BrClN2O4S/c17-12-1-2-15(14(18)9-12)25(22,23)19-13-3-6-20(7-4-13)16(21)11-5-8-24-10-11/h1-2,5,8-10,13,19H,3-4,6-7H2. The number of nitrogens with zero attached hydrogens (tertiary/aromatic N) is 1. The topological polar surface area (TPSA) is 79.6 Å². The van der Waals surface area contributed by atoms with Gasteiger partial charge in [-0.05, 0) is 37.1 Å². The summed E-state index contributed by atoms with van der Waals surface area (Å²) in [5.41, 5.74) is 0.501. The zero-order valence-corrected chi connectivity index (χ0v) is 16.3. The van der Waals surface area contributed by atoms with Gasteiger partial charge < -0.3 is 9.32 Å². The molecule has 0 bridgehead atoms. The lowest BCUT2D eigenvalue weighted by molar-refractivity contribution is 0.0710. The van der Waals surface area contributed by atoms with Crippen molar-refractivity contribution in [2.45, 2.75) is 23.8 Å². The monoisotopic (exact) mass is 446 g/mol. The minimum atomic E-state index is -3.71. The van der Waals surface area contributed by atoms with Crippen LogP contribution in [0.1, 0.15) is 23.2 Å². The largest absolute Gasteiger partial charge is 0.472 e. The second-order valence-corrected chi connectivity index (χ2v) is 8.78. The highest BCUT2D eigenvalue weighted by atomic mass is 79.9. The van der Waals surface area contributed by atoms with Crippen molar-refractivity contribution in [1.29, 1.82) is 0 Å². The lowest BCUT2D eigenvalue weighted by Crippen LogP contribution is -2.46. The summed E-state index contributed by atoms with van der Waals surface area (Å²) >= 11 is 9.30. The van der Waals surface area contributed by atoms with Crippen molar-refractivity contribution in [3.63, 3.8) is 0 Å². The Labute approximate surface area is 159 Å². The first kappa shape index (κ1) is 18.4. The second kappa shape index (κ2) is 7.49. The number of benzene rings is 1. The van der Waals surface area contributed by atoms with Crippen LogP contribution < -0.4 is 4.72 Å². The number of carbonyl (C=O) groups is 1. The molecule has 0 unspecified atom stereocenters. The van der Waals surface area contributed by atoms with Crippen LogP contribution >= 0.6 is 27.5 Å². The summed E-state index contributed by atoms with van der Waals surface area (Å²) in [5, 5.41) is 0.162. The molecule has 3 rings (SSSR count). The fourth-order valence-corrected chi connectivity index (χ4v) is 5.09. The number of rotatable bonds is 4. The Morgan fingerprint density at radius 3 is 2.60 bits per heavy atom. The van der Waals surface area contributed by atoms with E-state index in [2.05, 4.69) is 20.7 Å². The molecule has 1 aromatic heterocycles. The molecular weight excluding hydrogens is 432 g/mol. The minimum absolute atomic E-state index is 0.0502. The first-order valence-corrected chi connectivity index (χ1v) is 10.3. The van der Waals surface area contributed by atoms with Crippen LogP contribution in [0.4, 0.5) is 0 Å². The van der Waals surface area contributed by atoms with Crippen molar-refractivity contribution >= 4 is 43.5 Å². The van der Waals surface area contributed by atoms with Gasteiger partial charge >= 0.3 is 0 Å². The van der Waals surface area contributed by atoms with Crippen molar-refractivity contribution in [1.82, 2.24) is 9.62 Å². The van der Waals surface area contributed by atoms with Crippen LogP contribution in [0, 0.1) is 0 Å². The third-order valence-electron chi connectivity index (χ3n) is 4.06. The molecule has 1 saturated heterocycles. The van der Waals surface area contributed by atoms with Gasteiger partial charge in [-0.2, -0.15) is 0 Å². The Morgan fingerprint density at radius 2 is 2.00 bits per heavy atom. The molecule has 1 fully saturated rings. The second-order valence-electron chi connectivity index (χ2n) is 5.77. The highest BCUT2D eigenvalue weighted by molar-refractivity contribution is 9.10. The first-order chi connectivity index (χ1) is 11.9. The third-order valence-corrected chi connectivity index (χ3v) is 6.55. The zero-order chi connectivity index (χ0) is 18.0. The molecule has 1 aliphatic heterocycles. The molecule has 1 amide bonds. The fraction of sp³-hybridized carbons (Fsp3) is 0.312. The molecule has 6 nitrogen and oxygen atoms in total. The molecule has 1 N–H and O–H groups in total. The zero-order valence-electron chi connectivity index (χ0n) is 13.1. The first-order valence-electron chi connectivity index (χ1n) is 7.66. The molecule has 0 aliphatic carbocycles. The van der Waals surface area contributed by atoms with E-state index in [-0.39, 0.29) is 21.9 Å². The SMILES string of the molecule is O=C(c1ccoc1)N1CCC(NS(=O)(=O)c2ccc(Br)cc2Cl)CC1. The van der Waals surface area contributed by atoms with Gasteiger partial charge in [0.1, 0.15) is 11.2 Å². The van der Waals surface area contributed by atoms with Crippen LogP contribution in [0.15, 0.2) is 50.6 Å². The van der Waals surface area contributed by atoms with E-state index < -0.39 is 10.0 Å². The number of hydrogen-bond acceptors (Lipinski definition) is 4. The number of amides is 1. The number of piperidine rings is 1. The maximum atomic E-state index is 12.5. The summed E-state index contributed by atoms with van der Waals surface area (Å²) in [7, 11) is -3.71. The van der Waals surface area contributed by atoms with Gasteiger partial charge in [0.25, 0.3) is 5.91 Å². The third kappa shape index (κ3) is 4.25. The molecule has 1 aliphatic rings. The molecule has 2 aromatic rings. The molecule has 9 heteroatoms. The fourth-order valence-electron chi connectivity index (χ4n) is 2.75. The van der Waals surface area contributed by atoms with Crippen LogP contribution in [-0.2, 0) is 10.0 Å². The van der Waals surface area contributed by atoms with Gasteiger partial charge in [0.15, 0.2) is 0 Å². The van der Waals surface area contributed by atoms with Crippen molar-refractivity contribution in [2.24, 2.45) is 0 Å². The molecule has 134 valence electrons. The van der Waals surface area contributed by atoms with Crippen LogP contribution in [0.2, 0.25) is 5.02 Å². The van der Waals surface area contributed by atoms with Crippen LogP contribution in [0.25, 0.3) is 0 Å². The summed E-state index contributed by atoms with van der Waals surface area (Å²) in [6.45, 7) is 0.955. The Bertz CT molecular complexity index is 862. The van der Waals surface area contributed by atoms with Gasteiger partial charge in [0, 0.05) is 23.6 Å². The van der Waals surface area contributed by atoms with Crippen molar-refractivity contribution in [3.05, 3.63) is 51.9 Å². The lowest BCUT2D eigenvalue weighted by atomic mass is 10.1. The number of nitrogens with one attached hydrogen (secondary N) is 1. The maximum absolute atomic E-state index is 12.5. The Kier molecular flexibility index (Phi) is 5.52. The lowest BCUT2D eigenvalue weighted by Gasteiger charge is -2.32. The molecular formula is C16H16BrClN2O4S. The number of likely N-dealkylation sites (tertiary alicyclic amines) is 1. The van der Waals surface area contributed by atoms with E-state index >= 15 is 0 Å². The highest BCUT2D eigenvalue weighted by Crippen LogP contribution is 2.26. The molecule has 0 saturated carbocycles. The van der Waals surface area contributed by atoms with Gasteiger partial charge in [-0.25, -0.2) is 13.1 Å². The molecule has 1 aromatic carbocycles. The average molecular weight is 448 g/mol. The summed E-state index contributed by atoms with van der Waals surface area (Å²) in [5.74, 6) is -0.106. The minimum Gasteiger partial charge on any atom is -0.472 e. The van der Waals surface area contributed by atoms with Crippen LogP contribution in [0.5, 0.6) is 0 Å². The van der Waals surface area contributed by atoms with Gasteiger partial charge in [-0.1, -0.05) is 27.5 Å². The Hall–Kier alpha value is -1.35. The number of sulfonamides is 1. The summed E-state index contributed by atoms with van der Waals surface area (Å²) in [6.07, 6.45) is 3.94. The van der Waals surface area contributed by atoms with Gasteiger partial charge in [0.2, 0.25) is 10.0 Å². The normalized spacial score (nSPS) is 16.2. The van der Waals surface area contributed by atoms with Crippen molar-refractivity contribution in [3.8, 4) is 0 Å². The van der Waals surface area contributed by atoms with E-state index in [1.807, 2.05) is 0 Å². The highest BCUT2D eigenvalue weighted by Gasteiger charge is 2.28. The van der Waals surface area contributed by atoms with E-state index in [1.165, 1.54) is 18.6 Å². The molecule has 2 heterocycles. The van der Waals surface area contributed by atoms with Crippen LogP contribution in [-0.4, -0.2) is 38.4 Å². The number of hydrogen-bond donors (Lipinski definition) is 1. The van der Waals surface area contributed by atoms with E-state index in [4.69, 9.17) is 16.0 Å². The smallest absolute Gasteiger partial charge is 0.257 e. The predicted molar refractivity (Wildman–Crippen MR) is 97.1 cm³/mol. The molecule has 0 atom stereocenters. The van der Waals surface area contributed by atoms with E-state index in [9.17, 15) is 13.2 Å². The molecule has 25 heavy (non-hydrogen) atoms. The molecule has 0 radical (unpaired) electrons. The maximum Gasteiger partial charge on any atom is 0.257 e. The molecule has 0 spiro atoms. The van der Waals surface area contributed by atoms with Gasteiger partial charge in [0.05, 0.1) is 16.8 Å². The van der Waals surface area contributed by atoms with E-state index in [0.717, 1.165) is 0 Å². The van der Waals surface area contributed by atoms with Crippen molar-refractivity contribution < 1.29 is 17.6 Å². The number of halogens is 2. The van der Waals surface area contributed by atoms with E-state index in [1.54, 1.807) is 23.1 Å². The van der Waals surface area contributed by atoms with Crippen molar-refractivity contribution in [2.75, 3.05) is 13.1 Å². The quantitative estimate of drug-likeness (QED) is 0.780. The van der Waals surface area contributed by atoms with Gasteiger partial charge in [-0.15, -0.1) is 0 Å².